The maximum Gasteiger partial charge on any atom is 0.330 e. The molecule has 0 aliphatic heterocycles. The highest BCUT2D eigenvalue weighted by Gasteiger charge is 2.07. The molecule has 0 amide bonds. The first kappa shape index (κ1) is 20.5. The molecule has 2 aromatic rings. The van der Waals surface area contributed by atoms with Crippen molar-refractivity contribution in [1.82, 2.24) is 0 Å². The molecule has 0 bridgehead atoms. The van der Waals surface area contributed by atoms with E-state index in [2.05, 4.69) is 19.9 Å². The summed E-state index contributed by atoms with van der Waals surface area (Å²) >= 11 is 0. The lowest BCUT2D eigenvalue weighted by molar-refractivity contribution is -0.137. The van der Waals surface area contributed by atoms with Crippen LogP contribution < -0.4 is 0 Å². The van der Waals surface area contributed by atoms with Gasteiger partial charge >= 0.3 is 5.97 Å². The molecule has 2 rings (SSSR count). The van der Waals surface area contributed by atoms with Crippen LogP contribution in [0.1, 0.15) is 50.7 Å². The van der Waals surface area contributed by atoms with Crippen molar-refractivity contribution in [3.63, 3.8) is 0 Å². The minimum atomic E-state index is -0.331. The summed E-state index contributed by atoms with van der Waals surface area (Å²) in [7, 11) is 0. The first-order valence-corrected chi connectivity index (χ1v) is 9.55. The minimum absolute atomic E-state index is 0.331. The Labute approximate surface area is 162 Å². The van der Waals surface area contributed by atoms with E-state index in [0.29, 0.717) is 12.2 Å². The maximum absolute atomic E-state index is 12.0. The van der Waals surface area contributed by atoms with Gasteiger partial charge < -0.3 is 4.74 Å². The average Bonchev–Trinajstić information content (AvgIpc) is 2.69. The molecule has 0 atom stereocenters. The molecule has 27 heavy (non-hydrogen) atoms. The van der Waals surface area contributed by atoms with Crippen LogP contribution in [0.15, 0.2) is 54.6 Å². The average molecular weight is 361 g/mol. The lowest BCUT2D eigenvalue weighted by Crippen LogP contribution is -2.02. The summed E-state index contributed by atoms with van der Waals surface area (Å²) in [5, 5.41) is 9.34. The van der Waals surface area contributed by atoms with Crippen LogP contribution in [0.4, 0.5) is 0 Å². The Morgan fingerprint density at radius 1 is 1.04 bits per heavy atom. The summed E-state index contributed by atoms with van der Waals surface area (Å²) in [5.41, 5.74) is 3.28. The topological polar surface area (TPSA) is 50.1 Å². The Bertz CT molecular complexity index is 815. The maximum atomic E-state index is 12.0. The van der Waals surface area contributed by atoms with Gasteiger partial charge in [-0.3, -0.25) is 0 Å². The number of carbonyl (C=O) groups is 1. The van der Waals surface area contributed by atoms with Crippen LogP contribution in [0.2, 0.25) is 0 Å². The number of carbonyl (C=O) groups excluding carboxylic acids is 1. The lowest BCUT2D eigenvalue weighted by atomic mass is 9.96. The monoisotopic (exact) mass is 361 g/mol. The largest absolute Gasteiger partial charge is 0.463 e. The standard InChI is InChI=1S/C24H27NO2/c1-19(2)10-4-3-9-17-27-24(26)16-15-20-11-5-7-13-22(20)23-14-8-6-12-21(23)18-25/h5-8,11-16,19H,3-4,9-10,17H2,1-2H3/b16-15+. The van der Waals surface area contributed by atoms with E-state index in [4.69, 9.17) is 4.74 Å². The number of rotatable bonds is 9. The number of hydrogen-bond acceptors (Lipinski definition) is 3. The third-order valence-corrected chi connectivity index (χ3v) is 4.37. The van der Waals surface area contributed by atoms with Crippen molar-refractivity contribution in [2.75, 3.05) is 6.61 Å². The van der Waals surface area contributed by atoms with E-state index in [0.717, 1.165) is 35.4 Å². The van der Waals surface area contributed by atoms with Crippen LogP contribution in [0.5, 0.6) is 0 Å². The fraction of sp³-hybridized carbons (Fsp3) is 0.333. The van der Waals surface area contributed by atoms with Crippen molar-refractivity contribution in [3.8, 4) is 17.2 Å². The summed E-state index contributed by atoms with van der Waals surface area (Å²) in [5.74, 6) is 0.393. The Morgan fingerprint density at radius 3 is 2.48 bits per heavy atom. The molecule has 0 aliphatic carbocycles. The van der Waals surface area contributed by atoms with Crippen molar-refractivity contribution < 1.29 is 9.53 Å². The van der Waals surface area contributed by atoms with Gasteiger partial charge in [0, 0.05) is 11.6 Å². The number of unbranched alkanes of at least 4 members (excludes halogenated alkanes) is 2. The Morgan fingerprint density at radius 2 is 1.74 bits per heavy atom. The molecule has 3 nitrogen and oxygen atoms in total. The van der Waals surface area contributed by atoms with Gasteiger partial charge in [0.05, 0.1) is 18.2 Å². The Hall–Kier alpha value is -2.86. The number of hydrogen-bond donors (Lipinski definition) is 0. The van der Waals surface area contributed by atoms with E-state index in [-0.39, 0.29) is 5.97 Å². The van der Waals surface area contributed by atoms with Gasteiger partial charge in [0.25, 0.3) is 0 Å². The highest BCUT2D eigenvalue weighted by atomic mass is 16.5. The molecule has 0 saturated heterocycles. The summed E-state index contributed by atoms with van der Waals surface area (Å²) in [6.45, 7) is 4.90. The van der Waals surface area contributed by atoms with E-state index >= 15 is 0 Å². The van der Waals surface area contributed by atoms with Crippen molar-refractivity contribution in [2.45, 2.75) is 39.5 Å². The number of nitrogens with zero attached hydrogens (tertiary/aromatic N) is 1. The van der Waals surface area contributed by atoms with Crippen LogP contribution in [0, 0.1) is 17.2 Å². The first-order valence-electron chi connectivity index (χ1n) is 9.55. The van der Waals surface area contributed by atoms with E-state index in [9.17, 15) is 10.1 Å². The van der Waals surface area contributed by atoms with Gasteiger partial charge in [-0.05, 0) is 35.6 Å². The van der Waals surface area contributed by atoms with Gasteiger partial charge in [-0.2, -0.15) is 5.26 Å². The second-order valence-corrected chi connectivity index (χ2v) is 6.99. The summed E-state index contributed by atoms with van der Waals surface area (Å²) in [4.78, 5) is 12.0. The molecular formula is C24H27NO2. The van der Waals surface area contributed by atoms with Crippen molar-refractivity contribution >= 4 is 12.0 Å². The Kier molecular flexibility index (Phi) is 8.32. The zero-order valence-electron chi connectivity index (χ0n) is 16.2. The molecular weight excluding hydrogens is 334 g/mol. The second kappa shape index (κ2) is 11.0. The molecule has 0 fully saturated rings. The zero-order valence-corrected chi connectivity index (χ0v) is 16.2. The lowest BCUT2D eigenvalue weighted by Gasteiger charge is -2.08. The Balaban J connectivity index is 1.96. The van der Waals surface area contributed by atoms with E-state index in [1.165, 1.54) is 18.9 Å². The smallest absolute Gasteiger partial charge is 0.330 e. The number of ether oxygens (including phenoxy) is 1. The summed E-state index contributed by atoms with van der Waals surface area (Å²) < 4.78 is 5.28. The fourth-order valence-corrected chi connectivity index (χ4v) is 2.91. The quantitative estimate of drug-likeness (QED) is 0.313. The molecule has 0 spiro atoms. The van der Waals surface area contributed by atoms with Gasteiger partial charge in [-0.1, -0.05) is 75.6 Å². The zero-order chi connectivity index (χ0) is 19.5. The molecule has 2 aromatic carbocycles. The third-order valence-electron chi connectivity index (χ3n) is 4.37. The van der Waals surface area contributed by atoms with Crippen LogP contribution in [-0.4, -0.2) is 12.6 Å². The molecule has 0 saturated carbocycles. The highest BCUT2D eigenvalue weighted by molar-refractivity contribution is 5.89. The summed E-state index contributed by atoms with van der Waals surface area (Å²) in [6, 6.07) is 17.4. The molecule has 0 aliphatic rings. The molecule has 0 radical (unpaired) electrons. The van der Waals surface area contributed by atoms with Crippen molar-refractivity contribution in [2.24, 2.45) is 5.92 Å². The van der Waals surface area contributed by atoms with Crippen molar-refractivity contribution in [1.29, 1.82) is 5.26 Å². The number of benzene rings is 2. The molecule has 0 N–H and O–H groups in total. The molecule has 3 heteroatoms. The van der Waals surface area contributed by atoms with E-state index in [1.807, 2.05) is 42.5 Å². The van der Waals surface area contributed by atoms with Crippen LogP contribution in [-0.2, 0) is 9.53 Å². The second-order valence-electron chi connectivity index (χ2n) is 6.99. The van der Waals surface area contributed by atoms with Gasteiger partial charge in [-0.25, -0.2) is 4.79 Å². The van der Waals surface area contributed by atoms with E-state index < -0.39 is 0 Å². The normalized spacial score (nSPS) is 10.9. The van der Waals surface area contributed by atoms with E-state index in [1.54, 1.807) is 12.1 Å². The van der Waals surface area contributed by atoms with Gasteiger partial charge in [-0.15, -0.1) is 0 Å². The van der Waals surface area contributed by atoms with Crippen LogP contribution >= 0.6 is 0 Å². The fourth-order valence-electron chi connectivity index (χ4n) is 2.91. The highest BCUT2D eigenvalue weighted by Crippen LogP contribution is 2.27. The predicted octanol–water partition coefficient (Wildman–Crippen LogP) is 6.00. The van der Waals surface area contributed by atoms with Gasteiger partial charge in [0.1, 0.15) is 0 Å². The molecule has 0 aromatic heterocycles. The van der Waals surface area contributed by atoms with Gasteiger partial charge in [0.2, 0.25) is 0 Å². The predicted molar refractivity (Wildman–Crippen MR) is 110 cm³/mol. The minimum Gasteiger partial charge on any atom is -0.463 e. The third kappa shape index (κ3) is 6.75. The van der Waals surface area contributed by atoms with Crippen LogP contribution in [0.3, 0.4) is 0 Å². The number of nitriles is 1. The molecule has 0 heterocycles. The van der Waals surface area contributed by atoms with Crippen LogP contribution in [0.25, 0.3) is 17.2 Å². The summed E-state index contributed by atoms with van der Waals surface area (Å²) in [6.07, 6.45) is 7.60. The SMILES string of the molecule is CC(C)CCCCCOC(=O)/C=C/c1ccccc1-c1ccccc1C#N. The molecule has 140 valence electrons. The first-order chi connectivity index (χ1) is 13.1. The molecule has 0 unspecified atom stereocenters. The number of esters is 1. The van der Waals surface area contributed by atoms with Crippen molar-refractivity contribution in [3.05, 3.63) is 65.7 Å². The van der Waals surface area contributed by atoms with Gasteiger partial charge in [0.15, 0.2) is 0 Å².